The van der Waals surface area contributed by atoms with Crippen LogP contribution < -0.4 is 15.7 Å². The van der Waals surface area contributed by atoms with E-state index in [4.69, 9.17) is 4.74 Å². The minimum absolute atomic E-state index is 0.161. The van der Waals surface area contributed by atoms with Crippen LogP contribution >= 0.6 is 11.3 Å². The molecule has 7 nitrogen and oxygen atoms in total. The highest BCUT2D eigenvalue weighted by Crippen LogP contribution is 2.35. The normalized spacial score (nSPS) is 17.1. The standard InChI is InChI=1S/C22H24N4O3S/c1-13-7-8-17-18(9-13)30-21-19(17)22(28)26(12-23-21)14(2)20(27)25-24-11-15-5-4-6-16(10-15)29-3/h4-6,10-14H,7-9H2,1-3H3,(H,25,27)/b24-11+/t13-,14+/m1/s1. The Balaban J connectivity index is 1.54. The highest BCUT2D eigenvalue weighted by molar-refractivity contribution is 7.18. The molecule has 0 saturated carbocycles. The summed E-state index contributed by atoms with van der Waals surface area (Å²) in [5, 5.41) is 4.68. The minimum atomic E-state index is -0.727. The van der Waals surface area contributed by atoms with Crippen molar-refractivity contribution >= 4 is 33.7 Å². The van der Waals surface area contributed by atoms with Crippen molar-refractivity contribution in [1.82, 2.24) is 15.0 Å². The first-order valence-electron chi connectivity index (χ1n) is 9.96. The third-order valence-corrected chi connectivity index (χ3v) is 6.68. The molecule has 1 aliphatic carbocycles. The summed E-state index contributed by atoms with van der Waals surface area (Å²) in [7, 11) is 1.59. The lowest BCUT2D eigenvalue weighted by atomic mass is 9.89. The lowest BCUT2D eigenvalue weighted by Gasteiger charge is -2.18. The molecule has 8 heteroatoms. The van der Waals surface area contributed by atoms with Gasteiger partial charge in [-0.05, 0) is 55.4 Å². The summed E-state index contributed by atoms with van der Waals surface area (Å²) in [6.45, 7) is 3.91. The monoisotopic (exact) mass is 424 g/mol. The number of fused-ring (bicyclic) bond motifs is 3. The molecule has 0 fully saturated rings. The fraction of sp³-hybridized carbons (Fsp3) is 0.364. The fourth-order valence-corrected chi connectivity index (χ4v) is 5.07. The van der Waals surface area contributed by atoms with Gasteiger partial charge in [0.2, 0.25) is 0 Å². The van der Waals surface area contributed by atoms with Crippen molar-refractivity contribution in [3.63, 3.8) is 0 Å². The lowest BCUT2D eigenvalue weighted by molar-refractivity contribution is -0.123. The molecule has 1 aromatic carbocycles. The van der Waals surface area contributed by atoms with Crippen LogP contribution in [0.3, 0.4) is 0 Å². The molecule has 2 heterocycles. The molecule has 2 atom stereocenters. The first-order valence-corrected chi connectivity index (χ1v) is 10.8. The van der Waals surface area contributed by atoms with Crippen molar-refractivity contribution in [1.29, 1.82) is 0 Å². The van der Waals surface area contributed by atoms with E-state index < -0.39 is 6.04 Å². The summed E-state index contributed by atoms with van der Waals surface area (Å²) in [4.78, 5) is 32.2. The van der Waals surface area contributed by atoms with Crippen LogP contribution in [-0.4, -0.2) is 28.8 Å². The van der Waals surface area contributed by atoms with Crippen molar-refractivity contribution in [3.8, 4) is 5.75 Å². The van der Waals surface area contributed by atoms with Gasteiger partial charge in [0.1, 0.15) is 16.6 Å². The Morgan fingerprint density at radius 2 is 2.30 bits per heavy atom. The second-order valence-electron chi connectivity index (χ2n) is 7.68. The van der Waals surface area contributed by atoms with Gasteiger partial charge in [-0.2, -0.15) is 5.10 Å². The molecular weight excluding hydrogens is 400 g/mol. The van der Waals surface area contributed by atoms with Gasteiger partial charge in [-0.1, -0.05) is 19.1 Å². The number of ether oxygens (including phenoxy) is 1. The molecule has 0 spiro atoms. The molecule has 3 aromatic rings. The maximum Gasteiger partial charge on any atom is 0.263 e. The van der Waals surface area contributed by atoms with Crippen LogP contribution in [0.4, 0.5) is 0 Å². The molecule has 0 unspecified atom stereocenters. The average Bonchev–Trinajstić information content (AvgIpc) is 3.11. The van der Waals surface area contributed by atoms with E-state index in [-0.39, 0.29) is 11.5 Å². The number of carbonyl (C=O) groups is 1. The largest absolute Gasteiger partial charge is 0.497 e. The third kappa shape index (κ3) is 3.87. The van der Waals surface area contributed by atoms with E-state index in [2.05, 4.69) is 22.4 Å². The Morgan fingerprint density at radius 3 is 3.10 bits per heavy atom. The second-order valence-corrected chi connectivity index (χ2v) is 8.76. The maximum absolute atomic E-state index is 13.2. The summed E-state index contributed by atoms with van der Waals surface area (Å²) >= 11 is 1.60. The van der Waals surface area contributed by atoms with Crippen molar-refractivity contribution in [2.45, 2.75) is 39.2 Å². The van der Waals surface area contributed by atoms with Crippen LogP contribution in [0.25, 0.3) is 10.2 Å². The third-order valence-electron chi connectivity index (χ3n) is 5.52. The van der Waals surface area contributed by atoms with E-state index in [1.165, 1.54) is 22.0 Å². The average molecular weight is 425 g/mol. The number of thiophene rings is 1. The molecule has 0 saturated heterocycles. The van der Waals surface area contributed by atoms with Gasteiger partial charge < -0.3 is 4.74 Å². The Hall–Kier alpha value is -3.00. The summed E-state index contributed by atoms with van der Waals surface area (Å²) < 4.78 is 6.56. The second kappa shape index (κ2) is 8.39. The molecule has 4 rings (SSSR count). The van der Waals surface area contributed by atoms with E-state index in [1.807, 2.05) is 24.3 Å². The Bertz CT molecular complexity index is 1180. The molecule has 1 N–H and O–H groups in total. The van der Waals surface area contributed by atoms with Crippen molar-refractivity contribution in [3.05, 3.63) is 57.0 Å². The predicted molar refractivity (Wildman–Crippen MR) is 119 cm³/mol. The summed E-state index contributed by atoms with van der Waals surface area (Å²) in [5.41, 5.74) is 4.26. The minimum Gasteiger partial charge on any atom is -0.497 e. The number of carbonyl (C=O) groups excluding carboxylic acids is 1. The summed E-state index contributed by atoms with van der Waals surface area (Å²) in [5.74, 6) is 0.952. The van der Waals surface area contributed by atoms with E-state index in [9.17, 15) is 9.59 Å². The van der Waals surface area contributed by atoms with Gasteiger partial charge >= 0.3 is 0 Å². The lowest BCUT2D eigenvalue weighted by Crippen LogP contribution is -2.34. The number of nitrogens with zero attached hydrogens (tertiary/aromatic N) is 3. The van der Waals surface area contributed by atoms with Crippen molar-refractivity contribution < 1.29 is 9.53 Å². The van der Waals surface area contributed by atoms with E-state index in [0.717, 1.165) is 35.2 Å². The van der Waals surface area contributed by atoms with Crippen molar-refractivity contribution in [2.24, 2.45) is 11.0 Å². The number of amides is 1. The van der Waals surface area contributed by atoms with Gasteiger partial charge in [-0.25, -0.2) is 10.4 Å². The highest BCUT2D eigenvalue weighted by atomic mass is 32.1. The molecule has 0 radical (unpaired) electrons. The molecular formula is C22H24N4O3S. The SMILES string of the molecule is COc1cccc(/C=N/NC(=O)[C@H](C)n2cnc3sc4c(c3c2=O)CC[C@@H](C)C4)c1. The Kier molecular flexibility index (Phi) is 5.67. The van der Waals surface area contributed by atoms with Gasteiger partial charge in [-0.3, -0.25) is 14.2 Å². The zero-order chi connectivity index (χ0) is 21.3. The van der Waals surface area contributed by atoms with Crippen LogP contribution in [0.2, 0.25) is 0 Å². The number of aryl methyl sites for hydroxylation is 1. The maximum atomic E-state index is 13.2. The first kappa shape index (κ1) is 20.3. The topological polar surface area (TPSA) is 85.6 Å². The van der Waals surface area contributed by atoms with Crippen molar-refractivity contribution in [2.75, 3.05) is 7.11 Å². The number of rotatable bonds is 5. The van der Waals surface area contributed by atoms with Crippen LogP contribution in [0, 0.1) is 5.92 Å². The van der Waals surface area contributed by atoms with Gasteiger partial charge in [-0.15, -0.1) is 11.3 Å². The zero-order valence-corrected chi connectivity index (χ0v) is 18.0. The molecule has 0 bridgehead atoms. The smallest absolute Gasteiger partial charge is 0.263 e. The fourth-order valence-electron chi connectivity index (χ4n) is 3.73. The van der Waals surface area contributed by atoms with Gasteiger partial charge in [0.05, 0.1) is 25.0 Å². The van der Waals surface area contributed by atoms with Gasteiger partial charge in [0, 0.05) is 4.88 Å². The number of aromatic nitrogens is 2. The van der Waals surface area contributed by atoms with E-state index in [1.54, 1.807) is 25.4 Å². The number of hydrogen-bond donors (Lipinski definition) is 1. The molecule has 156 valence electrons. The van der Waals surface area contributed by atoms with Crippen LogP contribution in [0.1, 0.15) is 42.3 Å². The zero-order valence-electron chi connectivity index (χ0n) is 17.2. The molecule has 1 aliphatic rings. The first-order chi connectivity index (χ1) is 14.5. The van der Waals surface area contributed by atoms with E-state index in [0.29, 0.717) is 17.1 Å². The number of methoxy groups -OCH3 is 1. The predicted octanol–water partition coefficient (Wildman–Crippen LogP) is 3.30. The van der Waals surface area contributed by atoms with Crippen LogP contribution in [0.15, 0.2) is 40.5 Å². The molecule has 1 amide bonds. The molecule has 2 aromatic heterocycles. The number of hydrogen-bond acceptors (Lipinski definition) is 6. The van der Waals surface area contributed by atoms with Crippen LogP contribution in [-0.2, 0) is 17.6 Å². The van der Waals surface area contributed by atoms with Crippen LogP contribution in [0.5, 0.6) is 5.75 Å². The Labute approximate surface area is 178 Å². The van der Waals surface area contributed by atoms with Gasteiger partial charge in [0.25, 0.3) is 11.5 Å². The molecule has 30 heavy (non-hydrogen) atoms. The number of nitrogens with one attached hydrogen (secondary N) is 1. The number of benzene rings is 1. The summed E-state index contributed by atoms with van der Waals surface area (Å²) in [6, 6.07) is 6.60. The molecule has 0 aliphatic heterocycles. The quantitative estimate of drug-likeness (QED) is 0.503. The van der Waals surface area contributed by atoms with Gasteiger partial charge in [0.15, 0.2) is 0 Å². The number of hydrazone groups is 1. The summed E-state index contributed by atoms with van der Waals surface area (Å²) in [6.07, 6.45) is 5.95. The Morgan fingerprint density at radius 1 is 1.47 bits per heavy atom. The van der Waals surface area contributed by atoms with E-state index >= 15 is 0 Å². The highest BCUT2D eigenvalue weighted by Gasteiger charge is 2.25.